The molecule has 2 unspecified atom stereocenters. The van der Waals surface area contributed by atoms with E-state index in [1.54, 1.807) is 0 Å². The van der Waals surface area contributed by atoms with Crippen LogP contribution >= 0.6 is 11.6 Å². The van der Waals surface area contributed by atoms with E-state index in [1.807, 2.05) is 6.07 Å². The summed E-state index contributed by atoms with van der Waals surface area (Å²) in [7, 11) is 0. The van der Waals surface area contributed by atoms with Crippen LogP contribution in [0.4, 0.5) is 4.39 Å². The molecule has 1 fully saturated rings. The van der Waals surface area contributed by atoms with Gasteiger partial charge in [-0.15, -0.1) is 0 Å². The summed E-state index contributed by atoms with van der Waals surface area (Å²) in [5, 5.41) is 4.19. The predicted molar refractivity (Wildman–Crippen MR) is 87.1 cm³/mol. The number of nitrogens with one attached hydrogen (secondary N) is 1. The molecule has 1 saturated heterocycles. The molecule has 2 rings (SSSR count). The van der Waals surface area contributed by atoms with Gasteiger partial charge < -0.3 is 5.32 Å². The molecule has 4 heteroatoms. The molecule has 1 aliphatic heterocycles. The SMILES string of the molecule is CCCC1CNC(C(C)C)CN1Cc1ccc(F)cc1Cl. The molecule has 2 nitrogen and oxygen atoms in total. The van der Waals surface area contributed by atoms with Crippen LogP contribution in [-0.2, 0) is 6.54 Å². The molecule has 2 atom stereocenters. The first-order valence-electron chi connectivity index (χ1n) is 7.92. The largest absolute Gasteiger partial charge is 0.311 e. The molecule has 0 radical (unpaired) electrons. The first-order chi connectivity index (χ1) is 10.0. The third-order valence-corrected chi connectivity index (χ3v) is 4.73. The van der Waals surface area contributed by atoms with Gasteiger partial charge in [-0.2, -0.15) is 0 Å². The van der Waals surface area contributed by atoms with E-state index in [4.69, 9.17) is 11.6 Å². The minimum atomic E-state index is -0.269. The molecule has 1 aromatic rings. The number of piperazine rings is 1. The molecule has 1 aromatic carbocycles. The van der Waals surface area contributed by atoms with Crippen LogP contribution < -0.4 is 5.32 Å². The van der Waals surface area contributed by atoms with Crippen molar-refractivity contribution in [2.24, 2.45) is 5.92 Å². The van der Waals surface area contributed by atoms with Crippen molar-refractivity contribution >= 4 is 11.6 Å². The number of hydrogen-bond acceptors (Lipinski definition) is 2. The Kier molecular flexibility index (Phi) is 6.03. The lowest BCUT2D eigenvalue weighted by Gasteiger charge is -2.42. The number of hydrogen-bond donors (Lipinski definition) is 1. The van der Waals surface area contributed by atoms with E-state index in [2.05, 4.69) is 31.0 Å². The molecular weight excluding hydrogens is 287 g/mol. The van der Waals surface area contributed by atoms with Gasteiger partial charge in [0.05, 0.1) is 0 Å². The summed E-state index contributed by atoms with van der Waals surface area (Å²) in [5.74, 6) is 0.341. The van der Waals surface area contributed by atoms with Gasteiger partial charge in [0.15, 0.2) is 0 Å². The molecule has 0 aliphatic carbocycles. The van der Waals surface area contributed by atoms with E-state index in [0.717, 1.165) is 25.2 Å². The maximum Gasteiger partial charge on any atom is 0.124 e. The Morgan fingerprint density at radius 3 is 2.81 bits per heavy atom. The Morgan fingerprint density at radius 1 is 1.43 bits per heavy atom. The van der Waals surface area contributed by atoms with E-state index in [9.17, 15) is 4.39 Å². The van der Waals surface area contributed by atoms with Gasteiger partial charge in [0.1, 0.15) is 5.82 Å². The molecule has 118 valence electrons. The van der Waals surface area contributed by atoms with Crippen LogP contribution in [0.1, 0.15) is 39.2 Å². The topological polar surface area (TPSA) is 15.3 Å². The molecule has 1 N–H and O–H groups in total. The summed E-state index contributed by atoms with van der Waals surface area (Å²) >= 11 is 6.19. The number of nitrogens with zero attached hydrogens (tertiary/aromatic N) is 1. The summed E-state index contributed by atoms with van der Waals surface area (Å²) in [5.41, 5.74) is 1.02. The highest BCUT2D eigenvalue weighted by molar-refractivity contribution is 6.31. The third kappa shape index (κ3) is 4.41. The average molecular weight is 313 g/mol. The Bertz CT molecular complexity index is 464. The van der Waals surface area contributed by atoms with Crippen LogP contribution in [0, 0.1) is 11.7 Å². The maximum absolute atomic E-state index is 13.2. The van der Waals surface area contributed by atoms with Crippen LogP contribution in [-0.4, -0.2) is 30.1 Å². The van der Waals surface area contributed by atoms with Gasteiger partial charge in [0.25, 0.3) is 0 Å². The zero-order valence-corrected chi connectivity index (χ0v) is 14.0. The standard InChI is InChI=1S/C17H26ClFN2/c1-4-5-15-9-20-17(12(2)3)11-21(15)10-13-6-7-14(19)8-16(13)18/h6-8,12,15,17,20H,4-5,9-11H2,1-3H3. The fourth-order valence-corrected chi connectivity index (χ4v) is 3.24. The highest BCUT2D eigenvalue weighted by atomic mass is 35.5. The van der Waals surface area contributed by atoms with Crippen LogP contribution in [0.25, 0.3) is 0 Å². The van der Waals surface area contributed by atoms with Gasteiger partial charge in [0.2, 0.25) is 0 Å². The van der Waals surface area contributed by atoms with E-state index in [0.29, 0.717) is 23.0 Å². The van der Waals surface area contributed by atoms with Gasteiger partial charge in [-0.05, 0) is 30.0 Å². The van der Waals surface area contributed by atoms with Gasteiger partial charge in [-0.3, -0.25) is 4.90 Å². The zero-order chi connectivity index (χ0) is 15.4. The molecule has 1 aliphatic rings. The van der Waals surface area contributed by atoms with Crippen LogP contribution in [0.5, 0.6) is 0 Å². The smallest absolute Gasteiger partial charge is 0.124 e. The van der Waals surface area contributed by atoms with Crippen molar-refractivity contribution in [1.82, 2.24) is 10.2 Å². The second-order valence-electron chi connectivity index (χ2n) is 6.37. The van der Waals surface area contributed by atoms with Crippen molar-refractivity contribution in [2.75, 3.05) is 13.1 Å². The second kappa shape index (κ2) is 7.57. The quantitative estimate of drug-likeness (QED) is 0.881. The Hall–Kier alpha value is -0.640. The van der Waals surface area contributed by atoms with Crippen molar-refractivity contribution in [2.45, 2.75) is 52.2 Å². The van der Waals surface area contributed by atoms with E-state index in [1.165, 1.54) is 25.0 Å². The van der Waals surface area contributed by atoms with Crippen molar-refractivity contribution in [3.8, 4) is 0 Å². The minimum absolute atomic E-state index is 0.269. The zero-order valence-electron chi connectivity index (χ0n) is 13.2. The lowest BCUT2D eigenvalue weighted by molar-refractivity contribution is 0.0997. The van der Waals surface area contributed by atoms with Crippen LogP contribution in [0.2, 0.25) is 5.02 Å². The van der Waals surface area contributed by atoms with Crippen molar-refractivity contribution in [3.63, 3.8) is 0 Å². The second-order valence-corrected chi connectivity index (χ2v) is 6.77. The number of benzene rings is 1. The summed E-state index contributed by atoms with van der Waals surface area (Å²) in [4.78, 5) is 2.50. The van der Waals surface area contributed by atoms with Gasteiger partial charge in [-0.1, -0.05) is 44.9 Å². The van der Waals surface area contributed by atoms with Crippen molar-refractivity contribution in [3.05, 3.63) is 34.6 Å². The van der Waals surface area contributed by atoms with Crippen LogP contribution in [0.3, 0.4) is 0 Å². The van der Waals surface area contributed by atoms with E-state index < -0.39 is 0 Å². The molecule has 0 amide bonds. The monoisotopic (exact) mass is 312 g/mol. The molecular formula is C17H26ClFN2. The molecule has 0 spiro atoms. The lowest BCUT2D eigenvalue weighted by atomic mass is 9.97. The Morgan fingerprint density at radius 2 is 2.19 bits per heavy atom. The highest BCUT2D eigenvalue weighted by Gasteiger charge is 2.29. The highest BCUT2D eigenvalue weighted by Crippen LogP contribution is 2.23. The Balaban J connectivity index is 2.11. The maximum atomic E-state index is 13.2. The summed E-state index contributed by atoms with van der Waals surface area (Å²) in [6.45, 7) is 9.57. The fraction of sp³-hybridized carbons (Fsp3) is 0.647. The van der Waals surface area contributed by atoms with E-state index in [-0.39, 0.29) is 5.82 Å². The summed E-state index contributed by atoms with van der Waals surface area (Å²) < 4.78 is 13.2. The lowest BCUT2D eigenvalue weighted by Crippen LogP contribution is -2.57. The van der Waals surface area contributed by atoms with Gasteiger partial charge in [0, 0.05) is 36.7 Å². The fourth-order valence-electron chi connectivity index (χ4n) is 3.01. The predicted octanol–water partition coefficient (Wildman–Crippen LogP) is 4.08. The first-order valence-corrected chi connectivity index (χ1v) is 8.30. The van der Waals surface area contributed by atoms with E-state index >= 15 is 0 Å². The number of rotatable bonds is 5. The van der Waals surface area contributed by atoms with Crippen LogP contribution in [0.15, 0.2) is 18.2 Å². The molecule has 0 bridgehead atoms. The summed E-state index contributed by atoms with van der Waals surface area (Å²) in [6.07, 6.45) is 2.35. The third-order valence-electron chi connectivity index (χ3n) is 4.38. The van der Waals surface area contributed by atoms with Crippen molar-refractivity contribution in [1.29, 1.82) is 0 Å². The number of halogens is 2. The summed E-state index contributed by atoms with van der Waals surface area (Å²) in [6, 6.07) is 5.77. The molecule has 0 saturated carbocycles. The minimum Gasteiger partial charge on any atom is -0.311 e. The van der Waals surface area contributed by atoms with Gasteiger partial charge >= 0.3 is 0 Å². The Labute approximate surface area is 132 Å². The average Bonchev–Trinajstić information content (AvgIpc) is 2.43. The molecule has 0 aromatic heterocycles. The molecule has 1 heterocycles. The molecule has 21 heavy (non-hydrogen) atoms. The normalized spacial score (nSPS) is 23.7. The van der Waals surface area contributed by atoms with Gasteiger partial charge in [-0.25, -0.2) is 4.39 Å². The first kappa shape index (κ1) is 16.7. The van der Waals surface area contributed by atoms with Crippen molar-refractivity contribution < 1.29 is 4.39 Å².